The lowest BCUT2D eigenvalue weighted by atomic mass is 9.89. The van der Waals surface area contributed by atoms with Crippen molar-refractivity contribution >= 4 is 22.6 Å². The average molecular weight is 303 g/mol. The topological polar surface area (TPSA) is 26.0 Å². The Kier molecular flexibility index (Phi) is 4.89. The molecule has 78 valence electrons. The van der Waals surface area contributed by atoms with E-state index in [-0.39, 0.29) is 0 Å². The van der Waals surface area contributed by atoms with Crippen molar-refractivity contribution in [2.45, 2.75) is 20.3 Å². The van der Waals surface area contributed by atoms with Gasteiger partial charge in [-0.25, -0.2) is 0 Å². The molecule has 1 nitrogen and oxygen atoms in total. The first kappa shape index (κ1) is 12.0. The van der Waals surface area contributed by atoms with Crippen LogP contribution in [0.4, 0.5) is 0 Å². The summed E-state index contributed by atoms with van der Waals surface area (Å²) in [5.74, 6) is 1.27. The number of halogens is 1. The maximum absolute atomic E-state index is 5.75. The van der Waals surface area contributed by atoms with Gasteiger partial charge in [0.05, 0.1) is 0 Å². The Hall–Kier alpha value is -0.0900. The van der Waals surface area contributed by atoms with Crippen LogP contribution in [0.3, 0.4) is 0 Å². The molecule has 2 heteroatoms. The van der Waals surface area contributed by atoms with E-state index in [1.54, 1.807) is 0 Å². The standard InChI is InChI=1S/C12H18IN/c1-9(2)11(8-14)7-10-3-5-12(13)6-4-10/h3-6,9,11H,7-8,14H2,1-2H3. The molecule has 0 bridgehead atoms. The monoisotopic (exact) mass is 303 g/mol. The highest BCUT2D eigenvalue weighted by Gasteiger charge is 2.11. The van der Waals surface area contributed by atoms with E-state index in [4.69, 9.17) is 5.73 Å². The van der Waals surface area contributed by atoms with Crippen LogP contribution in [-0.2, 0) is 6.42 Å². The zero-order chi connectivity index (χ0) is 10.6. The Morgan fingerprint density at radius 3 is 2.21 bits per heavy atom. The van der Waals surface area contributed by atoms with Crippen LogP contribution in [0.15, 0.2) is 24.3 Å². The fraction of sp³-hybridized carbons (Fsp3) is 0.500. The van der Waals surface area contributed by atoms with Crippen molar-refractivity contribution in [3.63, 3.8) is 0 Å². The second-order valence-electron chi connectivity index (χ2n) is 4.07. The second kappa shape index (κ2) is 5.71. The number of rotatable bonds is 4. The minimum atomic E-state index is 0.607. The molecule has 0 spiro atoms. The molecule has 0 heterocycles. The summed E-state index contributed by atoms with van der Waals surface area (Å²) >= 11 is 2.33. The molecule has 1 unspecified atom stereocenters. The Balaban J connectivity index is 2.63. The van der Waals surface area contributed by atoms with Crippen LogP contribution in [0.5, 0.6) is 0 Å². The van der Waals surface area contributed by atoms with Crippen LogP contribution in [0, 0.1) is 15.4 Å². The van der Waals surface area contributed by atoms with E-state index in [1.807, 2.05) is 0 Å². The van der Waals surface area contributed by atoms with Crippen LogP contribution >= 0.6 is 22.6 Å². The van der Waals surface area contributed by atoms with Gasteiger partial charge in [-0.3, -0.25) is 0 Å². The molecular weight excluding hydrogens is 285 g/mol. The molecule has 0 fully saturated rings. The van der Waals surface area contributed by atoms with Crippen LogP contribution in [0.2, 0.25) is 0 Å². The Morgan fingerprint density at radius 1 is 1.21 bits per heavy atom. The highest BCUT2D eigenvalue weighted by atomic mass is 127. The molecule has 0 saturated heterocycles. The van der Waals surface area contributed by atoms with Gasteiger partial charge >= 0.3 is 0 Å². The third-order valence-electron chi connectivity index (χ3n) is 2.66. The van der Waals surface area contributed by atoms with Gasteiger partial charge in [-0.05, 0) is 65.1 Å². The molecule has 0 aromatic heterocycles. The van der Waals surface area contributed by atoms with Crippen LogP contribution < -0.4 is 5.73 Å². The summed E-state index contributed by atoms with van der Waals surface area (Å²) in [6.45, 7) is 5.26. The third-order valence-corrected chi connectivity index (χ3v) is 3.38. The molecular formula is C12H18IN. The van der Waals surface area contributed by atoms with E-state index >= 15 is 0 Å². The van der Waals surface area contributed by atoms with Gasteiger partial charge in [-0.15, -0.1) is 0 Å². The molecule has 1 rings (SSSR count). The van der Waals surface area contributed by atoms with Gasteiger partial charge in [-0.1, -0.05) is 26.0 Å². The normalized spacial score (nSPS) is 13.2. The highest BCUT2D eigenvalue weighted by Crippen LogP contribution is 2.17. The van der Waals surface area contributed by atoms with Gasteiger partial charge in [0, 0.05) is 3.57 Å². The van der Waals surface area contributed by atoms with Crippen LogP contribution in [0.25, 0.3) is 0 Å². The zero-order valence-electron chi connectivity index (χ0n) is 8.83. The second-order valence-corrected chi connectivity index (χ2v) is 5.32. The molecule has 0 amide bonds. The first-order valence-electron chi connectivity index (χ1n) is 5.08. The quantitative estimate of drug-likeness (QED) is 0.850. The third kappa shape index (κ3) is 3.58. The van der Waals surface area contributed by atoms with Crippen molar-refractivity contribution in [2.24, 2.45) is 17.6 Å². The predicted molar refractivity (Wildman–Crippen MR) is 70.2 cm³/mol. The molecule has 0 aliphatic rings. The van der Waals surface area contributed by atoms with E-state index < -0.39 is 0 Å². The first-order chi connectivity index (χ1) is 6.63. The molecule has 14 heavy (non-hydrogen) atoms. The van der Waals surface area contributed by atoms with E-state index in [0.717, 1.165) is 13.0 Å². The molecule has 0 radical (unpaired) electrons. The Morgan fingerprint density at radius 2 is 1.79 bits per heavy atom. The van der Waals surface area contributed by atoms with Crippen molar-refractivity contribution in [1.82, 2.24) is 0 Å². The van der Waals surface area contributed by atoms with Crippen molar-refractivity contribution in [3.05, 3.63) is 33.4 Å². The summed E-state index contributed by atoms with van der Waals surface area (Å²) in [4.78, 5) is 0. The van der Waals surface area contributed by atoms with Crippen molar-refractivity contribution in [2.75, 3.05) is 6.54 Å². The van der Waals surface area contributed by atoms with Gasteiger partial charge in [-0.2, -0.15) is 0 Å². The SMILES string of the molecule is CC(C)C(CN)Cc1ccc(I)cc1. The van der Waals surface area contributed by atoms with Gasteiger partial charge < -0.3 is 5.73 Å². The fourth-order valence-electron chi connectivity index (χ4n) is 1.51. The predicted octanol–water partition coefficient (Wildman–Crippen LogP) is 3.06. The van der Waals surface area contributed by atoms with Gasteiger partial charge in [0.2, 0.25) is 0 Å². The van der Waals surface area contributed by atoms with Crippen molar-refractivity contribution < 1.29 is 0 Å². The molecule has 1 aromatic rings. The van der Waals surface area contributed by atoms with Crippen LogP contribution in [0.1, 0.15) is 19.4 Å². The molecule has 0 saturated carbocycles. The van der Waals surface area contributed by atoms with E-state index in [1.165, 1.54) is 9.13 Å². The summed E-state index contributed by atoms with van der Waals surface area (Å²) < 4.78 is 1.29. The number of hydrogen-bond acceptors (Lipinski definition) is 1. The average Bonchev–Trinajstić information content (AvgIpc) is 2.16. The maximum atomic E-state index is 5.75. The van der Waals surface area contributed by atoms with Gasteiger partial charge in [0.15, 0.2) is 0 Å². The van der Waals surface area contributed by atoms with E-state index in [9.17, 15) is 0 Å². The molecule has 0 aliphatic carbocycles. The number of nitrogens with two attached hydrogens (primary N) is 1. The summed E-state index contributed by atoms with van der Waals surface area (Å²) in [5, 5.41) is 0. The molecule has 0 aliphatic heterocycles. The Bertz CT molecular complexity index is 266. The summed E-state index contributed by atoms with van der Waals surface area (Å²) in [6.07, 6.45) is 1.10. The van der Waals surface area contributed by atoms with E-state index in [2.05, 4.69) is 60.7 Å². The largest absolute Gasteiger partial charge is 0.330 e. The fourth-order valence-corrected chi connectivity index (χ4v) is 1.87. The van der Waals surface area contributed by atoms with Crippen molar-refractivity contribution in [1.29, 1.82) is 0 Å². The lowest BCUT2D eigenvalue weighted by Crippen LogP contribution is -2.22. The minimum absolute atomic E-state index is 0.607. The smallest absolute Gasteiger partial charge is 0.0130 e. The van der Waals surface area contributed by atoms with Gasteiger partial charge in [0.1, 0.15) is 0 Å². The number of hydrogen-bond donors (Lipinski definition) is 1. The Labute approximate surface area is 100 Å². The van der Waals surface area contributed by atoms with Gasteiger partial charge in [0.25, 0.3) is 0 Å². The highest BCUT2D eigenvalue weighted by molar-refractivity contribution is 14.1. The lowest BCUT2D eigenvalue weighted by Gasteiger charge is -2.18. The number of benzene rings is 1. The van der Waals surface area contributed by atoms with Crippen LogP contribution in [-0.4, -0.2) is 6.54 Å². The summed E-state index contributed by atoms with van der Waals surface area (Å²) in [6, 6.07) is 8.72. The minimum Gasteiger partial charge on any atom is -0.330 e. The van der Waals surface area contributed by atoms with Crippen molar-refractivity contribution in [3.8, 4) is 0 Å². The van der Waals surface area contributed by atoms with E-state index in [0.29, 0.717) is 11.8 Å². The lowest BCUT2D eigenvalue weighted by molar-refractivity contribution is 0.392. The summed E-state index contributed by atoms with van der Waals surface area (Å²) in [5.41, 5.74) is 7.15. The zero-order valence-corrected chi connectivity index (χ0v) is 11.0. The molecule has 1 atom stereocenters. The summed E-state index contributed by atoms with van der Waals surface area (Å²) in [7, 11) is 0. The first-order valence-corrected chi connectivity index (χ1v) is 6.16. The molecule has 2 N–H and O–H groups in total. The molecule has 1 aromatic carbocycles. The maximum Gasteiger partial charge on any atom is 0.0130 e.